The van der Waals surface area contributed by atoms with Crippen LogP contribution in [0, 0.1) is 17.2 Å². The summed E-state index contributed by atoms with van der Waals surface area (Å²) in [5.41, 5.74) is -0.415. The second-order valence-electron chi connectivity index (χ2n) is 7.09. The van der Waals surface area contributed by atoms with E-state index >= 15 is 0 Å². The first-order valence-corrected chi connectivity index (χ1v) is 10.0. The van der Waals surface area contributed by atoms with Gasteiger partial charge >= 0.3 is 0 Å². The smallest absolute Gasteiger partial charge is 0.262 e. The van der Waals surface area contributed by atoms with Gasteiger partial charge in [-0.25, -0.2) is 4.98 Å². The molecular formula is C20H26N4O2S. The van der Waals surface area contributed by atoms with Crippen LogP contribution in [-0.2, 0) is 11.3 Å². The molecule has 7 heteroatoms. The lowest BCUT2D eigenvalue weighted by Gasteiger charge is -2.28. The molecule has 2 aromatic rings. The monoisotopic (exact) mass is 386 g/mol. The molecule has 1 heterocycles. The Kier molecular flexibility index (Phi) is 6.66. The number of aromatic nitrogens is 2. The van der Waals surface area contributed by atoms with Gasteiger partial charge in [0.2, 0.25) is 5.91 Å². The molecule has 2 rings (SSSR count). The third-order valence-corrected chi connectivity index (χ3v) is 5.79. The number of carbonyl (C=O) groups is 1. The summed E-state index contributed by atoms with van der Waals surface area (Å²) < 4.78 is 1.63. The van der Waals surface area contributed by atoms with E-state index in [1.54, 1.807) is 30.5 Å². The second kappa shape index (κ2) is 8.57. The van der Waals surface area contributed by atoms with E-state index in [9.17, 15) is 14.9 Å². The number of hydrogen-bond donors (Lipinski definition) is 1. The molecule has 1 N–H and O–H groups in total. The fourth-order valence-electron chi connectivity index (χ4n) is 2.53. The highest BCUT2D eigenvalue weighted by atomic mass is 32.2. The fraction of sp³-hybridized carbons (Fsp3) is 0.500. The Hall–Kier alpha value is -2.33. The lowest BCUT2D eigenvalue weighted by atomic mass is 9.90. The molecule has 1 aromatic heterocycles. The van der Waals surface area contributed by atoms with E-state index in [4.69, 9.17) is 0 Å². The van der Waals surface area contributed by atoms with Crippen LogP contribution in [0.25, 0.3) is 10.9 Å². The number of amides is 1. The van der Waals surface area contributed by atoms with Crippen LogP contribution in [0.4, 0.5) is 0 Å². The molecule has 6 nitrogen and oxygen atoms in total. The zero-order valence-electron chi connectivity index (χ0n) is 16.4. The molecule has 0 unspecified atom stereocenters. The Morgan fingerprint density at radius 3 is 2.63 bits per heavy atom. The third-order valence-electron chi connectivity index (χ3n) is 4.70. The van der Waals surface area contributed by atoms with E-state index in [1.165, 1.54) is 11.8 Å². The van der Waals surface area contributed by atoms with Crippen molar-refractivity contribution < 1.29 is 4.79 Å². The minimum absolute atomic E-state index is 0.0271. The Morgan fingerprint density at radius 1 is 1.37 bits per heavy atom. The van der Waals surface area contributed by atoms with E-state index in [1.807, 2.05) is 32.9 Å². The van der Waals surface area contributed by atoms with Crippen molar-refractivity contribution in [2.75, 3.05) is 0 Å². The van der Waals surface area contributed by atoms with Gasteiger partial charge in [-0.3, -0.25) is 14.2 Å². The number of benzene rings is 1. The zero-order chi connectivity index (χ0) is 20.2. The summed E-state index contributed by atoms with van der Waals surface area (Å²) in [5.74, 6) is -0.274. The van der Waals surface area contributed by atoms with Gasteiger partial charge in [0.25, 0.3) is 5.56 Å². The molecule has 0 fully saturated rings. The SMILES string of the molecule is CCCn1c(S[C@H](C)C(=O)N[C@](C)(C#N)C(C)C)nc2ccccc2c1=O. The quantitative estimate of drug-likeness (QED) is 0.582. The summed E-state index contributed by atoms with van der Waals surface area (Å²) in [6.07, 6.45) is 0.786. The van der Waals surface area contributed by atoms with Crippen LogP contribution in [0.1, 0.15) is 41.0 Å². The number of para-hydroxylation sites is 1. The van der Waals surface area contributed by atoms with Crippen molar-refractivity contribution in [2.45, 2.75) is 63.5 Å². The van der Waals surface area contributed by atoms with Crippen LogP contribution in [0.2, 0.25) is 0 Å². The molecule has 27 heavy (non-hydrogen) atoms. The first kappa shape index (κ1) is 21.0. The Labute approximate surface area is 164 Å². The highest BCUT2D eigenvalue weighted by molar-refractivity contribution is 8.00. The average molecular weight is 387 g/mol. The van der Waals surface area contributed by atoms with Crippen LogP contribution in [0.3, 0.4) is 0 Å². The molecule has 0 spiro atoms. The van der Waals surface area contributed by atoms with Gasteiger partial charge < -0.3 is 5.32 Å². The van der Waals surface area contributed by atoms with Gasteiger partial charge in [0.1, 0.15) is 5.54 Å². The number of fused-ring (bicyclic) bond motifs is 1. The summed E-state index contributed by atoms with van der Waals surface area (Å²) in [5, 5.41) is 12.8. The molecule has 144 valence electrons. The first-order valence-electron chi connectivity index (χ1n) is 9.13. The van der Waals surface area contributed by atoms with E-state index in [2.05, 4.69) is 16.4 Å². The van der Waals surface area contributed by atoms with Crippen LogP contribution < -0.4 is 10.9 Å². The fourth-order valence-corrected chi connectivity index (χ4v) is 3.46. The standard InChI is InChI=1S/C20H26N4O2S/c1-6-11-24-18(26)15-9-7-8-10-16(15)22-19(24)27-14(4)17(25)23-20(5,12-21)13(2)3/h7-10,13-14H,6,11H2,1-5H3,(H,23,25)/t14-,20-/m1/s1. The summed E-state index contributed by atoms with van der Waals surface area (Å²) in [6.45, 7) is 9.79. The van der Waals surface area contributed by atoms with Gasteiger partial charge in [-0.05, 0) is 38.3 Å². The number of hydrogen-bond acceptors (Lipinski definition) is 5. The maximum atomic E-state index is 12.8. The van der Waals surface area contributed by atoms with Gasteiger partial charge in [0.15, 0.2) is 5.16 Å². The summed E-state index contributed by atoms with van der Waals surface area (Å²) in [7, 11) is 0. The largest absolute Gasteiger partial charge is 0.337 e. The molecule has 0 bridgehead atoms. The Bertz CT molecular complexity index is 932. The normalized spacial score (nSPS) is 14.6. The van der Waals surface area contributed by atoms with Crippen molar-refractivity contribution in [2.24, 2.45) is 5.92 Å². The summed E-state index contributed by atoms with van der Waals surface area (Å²) >= 11 is 1.24. The molecule has 0 radical (unpaired) electrons. The predicted octanol–water partition coefficient (Wildman–Crippen LogP) is 3.34. The molecule has 0 saturated heterocycles. The minimum Gasteiger partial charge on any atom is -0.337 e. The topological polar surface area (TPSA) is 87.8 Å². The molecule has 0 saturated carbocycles. The van der Waals surface area contributed by atoms with Crippen molar-refractivity contribution in [3.8, 4) is 6.07 Å². The number of nitriles is 1. The van der Waals surface area contributed by atoms with Crippen LogP contribution in [-0.4, -0.2) is 26.2 Å². The number of thioether (sulfide) groups is 1. The lowest BCUT2D eigenvalue weighted by Crippen LogP contribution is -2.51. The Balaban J connectivity index is 2.34. The van der Waals surface area contributed by atoms with Gasteiger partial charge in [0.05, 0.1) is 22.2 Å². The minimum atomic E-state index is -0.939. The zero-order valence-corrected chi connectivity index (χ0v) is 17.3. The van der Waals surface area contributed by atoms with Gasteiger partial charge in [-0.15, -0.1) is 0 Å². The number of nitrogens with zero attached hydrogens (tertiary/aromatic N) is 3. The Morgan fingerprint density at radius 2 is 2.04 bits per heavy atom. The van der Waals surface area contributed by atoms with Crippen molar-refractivity contribution in [1.82, 2.24) is 14.9 Å². The van der Waals surface area contributed by atoms with Crippen molar-refractivity contribution in [3.05, 3.63) is 34.6 Å². The molecule has 2 atom stereocenters. The average Bonchev–Trinajstić information content (AvgIpc) is 2.64. The lowest BCUT2D eigenvalue weighted by molar-refractivity contribution is -0.121. The van der Waals surface area contributed by atoms with Gasteiger partial charge in [0, 0.05) is 6.54 Å². The van der Waals surface area contributed by atoms with Gasteiger partial charge in [-0.2, -0.15) is 5.26 Å². The molecule has 1 aromatic carbocycles. The number of rotatable bonds is 7. The van der Waals surface area contributed by atoms with Crippen LogP contribution >= 0.6 is 11.8 Å². The van der Waals surface area contributed by atoms with Crippen molar-refractivity contribution >= 4 is 28.6 Å². The number of nitrogens with one attached hydrogen (secondary N) is 1. The third kappa shape index (κ3) is 4.51. The highest BCUT2D eigenvalue weighted by Gasteiger charge is 2.32. The molecule has 0 aliphatic heterocycles. The molecule has 0 aliphatic rings. The molecule has 1 amide bonds. The molecule has 0 aliphatic carbocycles. The maximum absolute atomic E-state index is 12.8. The number of carbonyl (C=O) groups excluding carboxylic acids is 1. The van der Waals surface area contributed by atoms with E-state index < -0.39 is 10.8 Å². The summed E-state index contributed by atoms with van der Waals surface area (Å²) in [4.78, 5) is 30.1. The van der Waals surface area contributed by atoms with E-state index in [0.29, 0.717) is 22.6 Å². The van der Waals surface area contributed by atoms with Crippen molar-refractivity contribution in [1.29, 1.82) is 5.26 Å². The summed E-state index contributed by atoms with van der Waals surface area (Å²) in [6, 6.07) is 9.40. The van der Waals surface area contributed by atoms with E-state index in [0.717, 1.165) is 6.42 Å². The van der Waals surface area contributed by atoms with Crippen LogP contribution in [0.15, 0.2) is 34.2 Å². The predicted molar refractivity (Wildman–Crippen MR) is 109 cm³/mol. The van der Waals surface area contributed by atoms with Crippen molar-refractivity contribution in [3.63, 3.8) is 0 Å². The van der Waals surface area contributed by atoms with E-state index in [-0.39, 0.29) is 17.4 Å². The van der Waals surface area contributed by atoms with Crippen LogP contribution in [0.5, 0.6) is 0 Å². The highest BCUT2D eigenvalue weighted by Crippen LogP contribution is 2.24. The maximum Gasteiger partial charge on any atom is 0.262 e. The van der Waals surface area contributed by atoms with Gasteiger partial charge in [-0.1, -0.05) is 44.7 Å². The molecular weight excluding hydrogens is 360 g/mol. The second-order valence-corrected chi connectivity index (χ2v) is 8.39. The first-order chi connectivity index (χ1) is 12.7.